The van der Waals surface area contributed by atoms with Crippen molar-refractivity contribution in [2.75, 3.05) is 12.8 Å². The third kappa shape index (κ3) is 1.54. The molecule has 0 amide bonds. The lowest BCUT2D eigenvalue weighted by atomic mass is 10.4. The predicted octanol–water partition coefficient (Wildman–Crippen LogP) is 0.00420. The van der Waals surface area contributed by atoms with Crippen molar-refractivity contribution in [1.29, 1.82) is 0 Å². The number of hydrogen-bond acceptors (Lipinski definition) is 6. The molecule has 0 unspecified atom stereocenters. The maximum absolute atomic E-state index is 11.0. The Kier molecular flexibility index (Phi) is 2.61. The molecule has 1 rings (SSSR count). The minimum atomic E-state index is -0.520. The average molecular weight is 188 g/mol. The standard InChI is InChI=1S/C6H8N2O3S/c1-11-5(10)4-3(2-9)8-6(7)12-4/h9H,2H2,1H3,(H2,7,8). The van der Waals surface area contributed by atoms with Crippen LogP contribution in [0.3, 0.4) is 0 Å². The first-order valence-electron chi connectivity index (χ1n) is 3.13. The summed E-state index contributed by atoms with van der Waals surface area (Å²) >= 11 is 1.00. The van der Waals surface area contributed by atoms with Crippen LogP contribution < -0.4 is 5.73 Å². The summed E-state index contributed by atoms with van der Waals surface area (Å²) in [4.78, 5) is 15.0. The van der Waals surface area contributed by atoms with Crippen LogP contribution in [0.5, 0.6) is 0 Å². The molecule has 0 fully saturated rings. The molecular formula is C6H8N2O3S. The highest BCUT2D eigenvalue weighted by atomic mass is 32.1. The lowest BCUT2D eigenvalue weighted by molar-refractivity contribution is 0.0602. The Bertz CT molecular complexity index is 297. The van der Waals surface area contributed by atoms with Gasteiger partial charge in [-0.15, -0.1) is 0 Å². The van der Waals surface area contributed by atoms with Gasteiger partial charge in [-0.25, -0.2) is 9.78 Å². The smallest absolute Gasteiger partial charge is 0.350 e. The first-order chi connectivity index (χ1) is 5.69. The Morgan fingerprint density at radius 1 is 1.83 bits per heavy atom. The molecule has 1 aromatic rings. The number of ether oxygens (including phenoxy) is 1. The van der Waals surface area contributed by atoms with Crippen molar-refractivity contribution in [1.82, 2.24) is 4.98 Å². The lowest BCUT2D eigenvalue weighted by Crippen LogP contribution is -2.02. The number of carbonyl (C=O) groups excluding carboxylic acids is 1. The lowest BCUT2D eigenvalue weighted by Gasteiger charge is -1.94. The van der Waals surface area contributed by atoms with Crippen molar-refractivity contribution in [3.63, 3.8) is 0 Å². The van der Waals surface area contributed by atoms with Crippen LogP contribution >= 0.6 is 11.3 Å². The second-order valence-electron chi connectivity index (χ2n) is 1.98. The molecule has 0 saturated carbocycles. The van der Waals surface area contributed by atoms with E-state index in [0.29, 0.717) is 0 Å². The number of aliphatic hydroxyl groups excluding tert-OH is 1. The van der Waals surface area contributed by atoms with E-state index in [1.54, 1.807) is 0 Å². The number of carbonyl (C=O) groups is 1. The van der Waals surface area contributed by atoms with Crippen LogP contribution in [0.25, 0.3) is 0 Å². The number of rotatable bonds is 2. The van der Waals surface area contributed by atoms with E-state index >= 15 is 0 Å². The monoisotopic (exact) mass is 188 g/mol. The van der Waals surface area contributed by atoms with Crippen LogP contribution in [0.4, 0.5) is 5.13 Å². The Morgan fingerprint density at radius 3 is 3.00 bits per heavy atom. The van der Waals surface area contributed by atoms with Crippen molar-refractivity contribution in [3.05, 3.63) is 10.6 Å². The van der Waals surface area contributed by atoms with Crippen molar-refractivity contribution >= 4 is 22.4 Å². The molecule has 6 heteroatoms. The second kappa shape index (κ2) is 3.51. The van der Waals surface area contributed by atoms with E-state index in [9.17, 15) is 4.79 Å². The van der Waals surface area contributed by atoms with E-state index in [1.165, 1.54) is 7.11 Å². The zero-order chi connectivity index (χ0) is 9.14. The highest BCUT2D eigenvalue weighted by Gasteiger charge is 2.16. The Labute approximate surface area is 72.8 Å². The first-order valence-corrected chi connectivity index (χ1v) is 3.95. The summed E-state index contributed by atoms with van der Waals surface area (Å²) in [5, 5.41) is 9.01. The van der Waals surface area contributed by atoms with Gasteiger partial charge >= 0.3 is 5.97 Å². The third-order valence-corrected chi connectivity index (χ3v) is 2.14. The molecule has 66 valence electrons. The number of thiazole rings is 1. The fraction of sp³-hybridized carbons (Fsp3) is 0.333. The van der Waals surface area contributed by atoms with Gasteiger partial charge in [-0.2, -0.15) is 0 Å². The molecule has 0 aliphatic rings. The number of hydrogen-bond donors (Lipinski definition) is 2. The molecule has 0 bridgehead atoms. The third-order valence-electron chi connectivity index (χ3n) is 1.23. The van der Waals surface area contributed by atoms with Gasteiger partial charge < -0.3 is 15.6 Å². The molecule has 1 heterocycles. The summed E-state index contributed by atoms with van der Waals surface area (Å²) in [6.07, 6.45) is 0. The van der Waals surface area contributed by atoms with Gasteiger partial charge in [-0.1, -0.05) is 11.3 Å². The largest absolute Gasteiger partial charge is 0.465 e. The molecule has 0 saturated heterocycles. The molecule has 1 aromatic heterocycles. The first kappa shape index (κ1) is 8.95. The van der Waals surface area contributed by atoms with Gasteiger partial charge in [0.1, 0.15) is 4.88 Å². The maximum atomic E-state index is 11.0. The highest BCUT2D eigenvalue weighted by Crippen LogP contribution is 2.20. The molecular weight excluding hydrogens is 180 g/mol. The van der Waals surface area contributed by atoms with Crippen LogP contribution in [-0.2, 0) is 11.3 Å². The van der Waals surface area contributed by atoms with Gasteiger partial charge in [0.05, 0.1) is 19.4 Å². The molecule has 0 atom stereocenters. The van der Waals surface area contributed by atoms with Gasteiger partial charge in [0.15, 0.2) is 5.13 Å². The number of methoxy groups -OCH3 is 1. The summed E-state index contributed by atoms with van der Waals surface area (Å²) in [5.41, 5.74) is 5.60. The molecule has 0 radical (unpaired) electrons. The van der Waals surface area contributed by atoms with Gasteiger partial charge in [0.25, 0.3) is 0 Å². The van der Waals surface area contributed by atoms with Gasteiger partial charge in [0, 0.05) is 0 Å². The van der Waals surface area contributed by atoms with E-state index < -0.39 is 5.97 Å². The topological polar surface area (TPSA) is 85.4 Å². The summed E-state index contributed by atoms with van der Waals surface area (Å²) in [6, 6.07) is 0. The van der Waals surface area contributed by atoms with E-state index in [2.05, 4.69) is 9.72 Å². The molecule has 5 nitrogen and oxygen atoms in total. The molecule has 0 aromatic carbocycles. The minimum absolute atomic E-state index is 0.249. The van der Waals surface area contributed by atoms with Gasteiger partial charge in [-0.05, 0) is 0 Å². The van der Waals surface area contributed by atoms with Crippen LogP contribution in [0.2, 0.25) is 0 Å². The quantitative estimate of drug-likeness (QED) is 0.638. The van der Waals surface area contributed by atoms with Crippen molar-refractivity contribution in [2.45, 2.75) is 6.61 Å². The number of esters is 1. The van der Waals surface area contributed by atoms with Crippen molar-refractivity contribution in [2.24, 2.45) is 0 Å². The maximum Gasteiger partial charge on any atom is 0.350 e. The number of nitrogens with two attached hydrogens (primary N) is 1. The summed E-state index contributed by atoms with van der Waals surface area (Å²) in [5.74, 6) is -0.520. The Morgan fingerprint density at radius 2 is 2.50 bits per heavy atom. The Balaban J connectivity index is 3.04. The number of aromatic nitrogens is 1. The van der Waals surface area contributed by atoms with E-state index in [4.69, 9.17) is 10.8 Å². The number of aliphatic hydroxyl groups is 1. The molecule has 0 aliphatic heterocycles. The van der Waals surface area contributed by atoms with Crippen LogP contribution in [-0.4, -0.2) is 23.2 Å². The number of anilines is 1. The van der Waals surface area contributed by atoms with E-state index in [-0.39, 0.29) is 22.3 Å². The zero-order valence-corrected chi connectivity index (χ0v) is 7.22. The summed E-state index contributed by atoms with van der Waals surface area (Å²) in [6.45, 7) is -0.307. The minimum Gasteiger partial charge on any atom is -0.465 e. The number of nitrogens with zero attached hydrogens (tertiary/aromatic N) is 1. The summed E-state index contributed by atoms with van der Waals surface area (Å²) < 4.78 is 4.46. The SMILES string of the molecule is COC(=O)c1sc(N)nc1CO. The molecule has 0 spiro atoms. The van der Waals surface area contributed by atoms with E-state index in [1.807, 2.05) is 0 Å². The molecule has 0 aliphatic carbocycles. The number of nitrogen functional groups attached to an aromatic ring is 1. The average Bonchev–Trinajstić information content (AvgIpc) is 2.45. The van der Waals surface area contributed by atoms with E-state index in [0.717, 1.165) is 11.3 Å². The highest BCUT2D eigenvalue weighted by molar-refractivity contribution is 7.17. The predicted molar refractivity (Wildman–Crippen MR) is 43.8 cm³/mol. The zero-order valence-electron chi connectivity index (χ0n) is 6.40. The fourth-order valence-corrected chi connectivity index (χ4v) is 1.49. The second-order valence-corrected chi connectivity index (χ2v) is 3.01. The van der Waals surface area contributed by atoms with Crippen molar-refractivity contribution in [3.8, 4) is 0 Å². The van der Waals surface area contributed by atoms with Gasteiger partial charge in [0.2, 0.25) is 0 Å². The molecule has 12 heavy (non-hydrogen) atoms. The van der Waals surface area contributed by atoms with Crippen molar-refractivity contribution < 1.29 is 14.6 Å². The normalized spacial score (nSPS) is 9.83. The van der Waals surface area contributed by atoms with Crippen LogP contribution in [0.1, 0.15) is 15.4 Å². The van der Waals surface area contributed by atoms with Gasteiger partial charge in [-0.3, -0.25) is 0 Å². The fourth-order valence-electron chi connectivity index (χ4n) is 0.729. The Hall–Kier alpha value is -1.14. The van der Waals surface area contributed by atoms with Crippen LogP contribution in [0, 0.1) is 0 Å². The van der Waals surface area contributed by atoms with Crippen LogP contribution in [0.15, 0.2) is 0 Å². The summed E-state index contributed by atoms with van der Waals surface area (Å²) in [7, 11) is 1.26. The molecule has 3 N–H and O–H groups in total.